The SMILES string of the molecule is O=C(CN1C(=O)N[C@](Cc2ccccc2)(c2ccccc2)C1=O)Nc1ccc(F)c(Cl)c1. The van der Waals surface area contributed by atoms with E-state index >= 15 is 0 Å². The van der Waals surface area contributed by atoms with Crippen LogP contribution in [0.1, 0.15) is 11.1 Å². The van der Waals surface area contributed by atoms with Crippen molar-refractivity contribution in [3.63, 3.8) is 0 Å². The van der Waals surface area contributed by atoms with Gasteiger partial charge in [0.2, 0.25) is 5.91 Å². The fraction of sp³-hybridized carbons (Fsp3) is 0.125. The monoisotopic (exact) mass is 451 g/mol. The fourth-order valence-electron chi connectivity index (χ4n) is 3.73. The second-order valence-electron chi connectivity index (χ2n) is 7.43. The molecule has 1 atom stereocenters. The van der Waals surface area contributed by atoms with E-state index in [1.165, 1.54) is 12.1 Å². The van der Waals surface area contributed by atoms with Crippen molar-refractivity contribution in [1.82, 2.24) is 10.2 Å². The van der Waals surface area contributed by atoms with Gasteiger partial charge >= 0.3 is 6.03 Å². The number of urea groups is 1. The van der Waals surface area contributed by atoms with Crippen LogP contribution in [0.15, 0.2) is 78.9 Å². The highest BCUT2D eigenvalue weighted by atomic mass is 35.5. The lowest BCUT2D eigenvalue weighted by Crippen LogP contribution is -2.46. The van der Waals surface area contributed by atoms with Crippen molar-refractivity contribution in [2.24, 2.45) is 0 Å². The molecule has 4 amide bonds. The summed E-state index contributed by atoms with van der Waals surface area (Å²) in [6.45, 7) is -0.497. The minimum atomic E-state index is -1.33. The number of hydrogen-bond acceptors (Lipinski definition) is 3. The van der Waals surface area contributed by atoms with Crippen molar-refractivity contribution in [1.29, 1.82) is 0 Å². The molecule has 0 aromatic heterocycles. The highest BCUT2D eigenvalue weighted by Crippen LogP contribution is 2.33. The van der Waals surface area contributed by atoms with Gasteiger partial charge in [-0.05, 0) is 29.3 Å². The quantitative estimate of drug-likeness (QED) is 0.554. The minimum Gasteiger partial charge on any atom is -0.324 e. The van der Waals surface area contributed by atoms with Crippen LogP contribution < -0.4 is 10.6 Å². The lowest BCUT2D eigenvalue weighted by molar-refractivity contribution is -0.134. The van der Waals surface area contributed by atoms with Gasteiger partial charge in [0.25, 0.3) is 5.91 Å². The van der Waals surface area contributed by atoms with Gasteiger partial charge in [0.05, 0.1) is 5.02 Å². The van der Waals surface area contributed by atoms with Crippen LogP contribution in [0.5, 0.6) is 0 Å². The smallest absolute Gasteiger partial charge is 0.324 e. The summed E-state index contributed by atoms with van der Waals surface area (Å²) in [7, 11) is 0. The van der Waals surface area contributed by atoms with Gasteiger partial charge in [-0.1, -0.05) is 72.3 Å². The number of anilines is 1. The summed E-state index contributed by atoms with van der Waals surface area (Å²) in [5.74, 6) is -1.75. The van der Waals surface area contributed by atoms with Crippen LogP contribution in [0, 0.1) is 5.82 Å². The van der Waals surface area contributed by atoms with Gasteiger partial charge in [0.1, 0.15) is 12.4 Å². The van der Waals surface area contributed by atoms with Gasteiger partial charge in [0.15, 0.2) is 5.54 Å². The largest absolute Gasteiger partial charge is 0.325 e. The van der Waals surface area contributed by atoms with Crippen LogP contribution in [-0.2, 0) is 21.5 Å². The third-order valence-electron chi connectivity index (χ3n) is 5.26. The Labute approximate surface area is 189 Å². The number of rotatable bonds is 6. The van der Waals surface area contributed by atoms with Crippen LogP contribution in [-0.4, -0.2) is 29.3 Å². The van der Waals surface area contributed by atoms with E-state index in [1.807, 2.05) is 36.4 Å². The first-order chi connectivity index (χ1) is 15.4. The van der Waals surface area contributed by atoms with Crippen LogP contribution in [0.4, 0.5) is 14.9 Å². The average Bonchev–Trinajstić information content (AvgIpc) is 3.02. The predicted octanol–water partition coefficient (Wildman–Crippen LogP) is 4.11. The Hall–Kier alpha value is -3.71. The number of carbonyl (C=O) groups is 3. The van der Waals surface area contributed by atoms with Crippen LogP contribution in [0.25, 0.3) is 0 Å². The van der Waals surface area contributed by atoms with Crippen LogP contribution >= 0.6 is 11.6 Å². The second-order valence-corrected chi connectivity index (χ2v) is 7.84. The summed E-state index contributed by atoms with van der Waals surface area (Å²) in [5.41, 5.74) is 0.402. The number of hydrogen-bond donors (Lipinski definition) is 2. The molecular formula is C24H19ClFN3O3. The van der Waals surface area contributed by atoms with Gasteiger partial charge in [-0.3, -0.25) is 14.5 Å². The summed E-state index contributed by atoms with van der Waals surface area (Å²) >= 11 is 5.74. The maximum absolute atomic E-state index is 13.5. The number of benzene rings is 3. The Morgan fingerprint density at radius 2 is 1.66 bits per heavy atom. The molecule has 0 spiro atoms. The average molecular weight is 452 g/mol. The topological polar surface area (TPSA) is 78.5 Å². The Kier molecular flexibility index (Phi) is 5.92. The van der Waals surface area contributed by atoms with E-state index in [9.17, 15) is 18.8 Å². The number of halogens is 2. The molecule has 4 rings (SSSR count). The molecule has 0 bridgehead atoms. The van der Waals surface area contributed by atoms with E-state index in [1.54, 1.807) is 24.3 Å². The first-order valence-electron chi connectivity index (χ1n) is 9.87. The Balaban J connectivity index is 1.59. The third-order valence-corrected chi connectivity index (χ3v) is 5.55. The zero-order chi connectivity index (χ0) is 22.7. The van der Waals surface area contributed by atoms with Gasteiger partial charge in [-0.2, -0.15) is 0 Å². The molecule has 8 heteroatoms. The van der Waals surface area contributed by atoms with E-state index < -0.39 is 35.7 Å². The first kappa shape index (κ1) is 21.5. The van der Waals surface area contributed by atoms with Crippen molar-refractivity contribution in [3.05, 3.63) is 101 Å². The van der Waals surface area contributed by atoms with E-state index in [0.717, 1.165) is 16.5 Å². The number of amides is 4. The molecule has 0 aliphatic carbocycles. The van der Waals surface area contributed by atoms with Gasteiger partial charge < -0.3 is 10.6 Å². The molecule has 1 aliphatic rings. The van der Waals surface area contributed by atoms with E-state index in [4.69, 9.17) is 11.6 Å². The number of imide groups is 1. The molecule has 1 saturated heterocycles. The summed E-state index contributed by atoms with van der Waals surface area (Å²) in [4.78, 5) is 39.7. The van der Waals surface area contributed by atoms with Crippen molar-refractivity contribution >= 4 is 35.1 Å². The fourth-order valence-corrected chi connectivity index (χ4v) is 3.91. The zero-order valence-electron chi connectivity index (χ0n) is 16.8. The number of carbonyl (C=O) groups excluding carboxylic acids is 3. The highest BCUT2D eigenvalue weighted by Gasteiger charge is 2.52. The molecular weight excluding hydrogens is 433 g/mol. The van der Waals surface area contributed by atoms with Gasteiger partial charge in [-0.25, -0.2) is 9.18 Å². The predicted molar refractivity (Wildman–Crippen MR) is 119 cm³/mol. The summed E-state index contributed by atoms with van der Waals surface area (Å²) in [6, 6.07) is 21.3. The van der Waals surface area contributed by atoms with Crippen molar-refractivity contribution < 1.29 is 18.8 Å². The summed E-state index contributed by atoms with van der Waals surface area (Å²) < 4.78 is 13.3. The first-order valence-corrected chi connectivity index (χ1v) is 10.3. The van der Waals surface area contributed by atoms with Crippen molar-refractivity contribution in [3.8, 4) is 0 Å². The molecule has 32 heavy (non-hydrogen) atoms. The molecule has 1 heterocycles. The number of nitrogens with one attached hydrogen (secondary N) is 2. The standard InChI is InChI=1S/C24H19ClFN3O3/c25-19-13-18(11-12-20(19)26)27-21(30)15-29-22(31)24(28-23(29)32,17-9-5-2-6-10-17)14-16-7-3-1-4-8-16/h1-13H,14-15H2,(H,27,30)(H,28,32)/t24-/m1/s1. The molecule has 1 fully saturated rings. The summed E-state index contributed by atoms with van der Waals surface area (Å²) in [6.07, 6.45) is 0.230. The van der Waals surface area contributed by atoms with Crippen LogP contribution in [0.3, 0.4) is 0 Å². The third kappa shape index (κ3) is 4.20. The molecule has 0 saturated carbocycles. The molecule has 1 aliphatic heterocycles. The van der Waals surface area contributed by atoms with Gasteiger partial charge in [0, 0.05) is 12.1 Å². The van der Waals surface area contributed by atoms with Crippen LogP contribution in [0.2, 0.25) is 5.02 Å². The highest BCUT2D eigenvalue weighted by molar-refractivity contribution is 6.31. The Bertz CT molecular complexity index is 1170. The maximum atomic E-state index is 13.5. The molecule has 3 aromatic carbocycles. The second kappa shape index (κ2) is 8.80. The number of nitrogens with zero attached hydrogens (tertiary/aromatic N) is 1. The van der Waals surface area contributed by atoms with E-state index in [2.05, 4.69) is 10.6 Å². The van der Waals surface area contributed by atoms with E-state index in [0.29, 0.717) is 5.56 Å². The minimum absolute atomic E-state index is 0.149. The van der Waals surface area contributed by atoms with Crippen molar-refractivity contribution in [2.45, 2.75) is 12.0 Å². The lowest BCUT2D eigenvalue weighted by Gasteiger charge is -2.27. The lowest BCUT2D eigenvalue weighted by atomic mass is 9.83. The molecule has 2 N–H and O–H groups in total. The molecule has 3 aromatic rings. The van der Waals surface area contributed by atoms with Gasteiger partial charge in [-0.15, -0.1) is 0 Å². The van der Waals surface area contributed by atoms with E-state index in [-0.39, 0.29) is 17.1 Å². The Morgan fingerprint density at radius 1 is 1.00 bits per heavy atom. The maximum Gasteiger partial charge on any atom is 0.325 e. The van der Waals surface area contributed by atoms with Crippen molar-refractivity contribution in [2.75, 3.05) is 11.9 Å². The Morgan fingerprint density at radius 3 is 2.31 bits per heavy atom. The molecule has 0 radical (unpaired) electrons. The normalized spacial score (nSPS) is 17.9. The molecule has 6 nitrogen and oxygen atoms in total. The molecule has 0 unspecified atom stereocenters. The summed E-state index contributed by atoms with van der Waals surface area (Å²) in [5, 5.41) is 5.19. The molecule has 162 valence electrons. The zero-order valence-corrected chi connectivity index (χ0v) is 17.6.